The predicted octanol–water partition coefficient (Wildman–Crippen LogP) is 4.20. The van der Waals surface area contributed by atoms with E-state index in [4.69, 9.17) is 4.74 Å². The molecular formula is C22H18N2O3. The molecule has 0 spiro atoms. The maximum absolute atomic E-state index is 13.0. The zero-order chi connectivity index (χ0) is 18.5. The average Bonchev–Trinajstić information content (AvgIpc) is 2.66. The molecule has 0 saturated heterocycles. The first-order chi connectivity index (χ1) is 13.1. The Morgan fingerprint density at radius 3 is 2.93 bits per heavy atom. The van der Waals surface area contributed by atoms with Crippen molar-refractivity contribution in [1.82, 2.24) is 4.98 Å². The molecule has 27 heavy (non-hydrogen) atoms. The fourth-order valence-corrected chi connectivity index (χ4v) is 3.99. The summed E-state index contributed by atoms with van der Waals surface area (Å²) in [4.78, 5) is 17.4. The van der Waals surface area contributed by atoms with Crippen molar-refractivity contribution in [3.63, 3.8) is 0 Å². The van der Waals surface area contributed by atoms with Crippen molar-refractivity contribution in [2.75, 3.05) is 5.32 Å². The van der Waals surface area contributed by atoms with Crippen LogP contribution in [-0.2, 0) is 9.53 Å². The summed E-state index contributed by atoms with van der Waals surface area (Å²) in [6.45, 7) is 1.91. The van der Waals surface area contributed by atoms with Crippen molar-refractivity contribution in [3.8, 4) is 5.75 Å². The van der Waals surface area contributed by atoms with Gasteiger partial charge in [-0.25, -0.2) is 0 Å². The molecule has 0 saturated carbocycles. The molecular weight excluding hydrogens is 340 g/mol. The average molecular weight is 358 g/mol. The number of hydrogen-bond donors (Lipinski definition) is 2. The number of phenolic OH excluding ortho intramolecular Hbond substituents is 1. The number of hydrogen-bond acceptors (Lipinski definition) is 5. The van der Waals surface area contributed by atoms with Gasteiger partial charge in [-0.3, -0.25) is 9.78 Å². The lowest BCUT2D eigenvalue weighted by Crippen LogP contribution is -2.32. The summed E-state index contributed by atoms with van der Waals surface area (Å²) in [6, 6.07) is 14.4. The van der Waals surface area contributed by atoms with Gasteiger partial charge in [-0.15, -0.1) is 0 Å². The van der Waals surface area contributed by atoms with Crippen LogP contribution in [0.15, 0.2) is 60.3 Å². The Kier molecular flexibility index (Phi) is 3.44. The number of ether oxygens (including phenoxy) is 1. The third-order valence-corrected chi connectivity index (χ3v) is 5.14. The highest BCUT2D eigenvalue weighted by Crippen LogP contribution is 2.47. The van der Waals surface area contributed by atoms with E-state index in [0.717, 1.165) is 27.7 Å². The van der Waals surface area contributed by atoms with Crippen molar-refractivity contribution >= 4 is 28.1 Å². The van der Waals surface area contributed by atoms with Gasteiger partial charge in [0.25, 0.3) is 0 Å². The maximum atomic E-state index is 13.0. The Hall–Kier alpha value is -3.34. The van der Waals surface area contributed by atoms with Gasteiger partial charge in [0.05, 0.1) is 17.1 Å². The van der Waals surface area contributed by atoms with Gasteiger partial charge in [0.2, 0.25) is 0 Å². The lowest BCUT2D eigenvalue weighted by Gasteiger charge is -2.36. The number of carbonyl (C=O) groups is 1. The molecule has 0 radical (unpaired) electrons. The molecule has 5 rings (SSSR count). The molecule has 134 valence electrons. The van der Waals surface area contributed by atoms with Crippen LogP contribution in [0.3, 0.4) is 0 Å². The maximum Gasteiger partial charge on any atom is 0.168 e. The van der Waals surface area contributed by atoms with E-state index in [1.54, 1.807) is 24.4 Å². The number of phenols is 1. The monoisotopic (exact) mass is 358 g/mol. The minimum atomic E-state index is -0.367. The molecule has 0 aliphatic carbocycles. The third-order valence-electron chi connectivity index (χ3n) is 5.14. The first-order valence-electron chi connectivity index (χ1n) is 8.99. The smallest absolute Gasteiger partial charge is 0.168 e. The topological polar surface area (TPSA) is 71.5 Å². The quantitative estimate of drug-likeness (QED) is 0.682. The molecule has 0 fully saturated rings. The number of nitrogens with zero attached hydrogens (tertiary/aromatic N) is 1. The fraction of sp³-hybridized carbons (Fsp3) is 0.182. The zero-order valence-electron chi connectivity index (χ0n) is 14.8. The molecule has 3 aromatic rings. The van der Waals surface area contributed by atoms with E-state index in [1.807, 2.05) is 37.3 Å². The van der Waals surface area contributed by atoms with Crippen LogP contribution in [0.4, 0.5) is 5.69 Å². The molecule has 2 aliphatic rings. The van der Waals surface area contributed by atoms with E-state index in [2.05, 4.69) is 10.3 Å². The number of pyridine rings is 1. The van der Waals surface area contributed by atoms with Crippen molar-refractivity contribution in [2.24, 2.45) is 0 Å². The van der Waals surface area contributed by atoms with Crippen molar-refractivity contribution in [2.45, 2.75) is 25.5 Å². The summed E-state index contributed by atoms with van der Waals surface area (Å²) >= 11 is 0. The standard InChI is InChI=1S/C22H18N2O3/c1-12-10-18(26)20-21(13-4-2-5-14(25)11-13)24-17-8-7-16-15(6-3-9-23-16)19(17)22(20)27-12/h2-9,11-12,21,24-25H,10H2,1H3/t12-,21+/m0/s1. The Bertz CT molecular complexity index is 1120. The van der Waals surface area contributed by atoms with Gasteiger partial charge >= 0.3 is 0 Å². The number of carbonyl (C=O) groups excluding carboxylic acids is 1. The lowest BCUT2D eigenvalue weighted by molar-refractivity contribution is -0.118. The van der Waals surface area contributed by atoms with Gasteiger partial charge < -0.3 is 15.2 Å². The third kappa shape index (κ3) is 2.46. The summed E-state index contributed by atoms with van der Waals surface area (Å²) in [7, 11) is 0. The first kappa shape index (κ1) is 15.9. The van der Waals surface area contributed by atoms with Gasteiger partial charge in [-0.2, -0.15) is 0 Å². The van der Waals surface area contributed by atoms with E-state index in [0.29, 0.717) is 17.8 Å². The summed E-state index contributed by atoms with van der Waals surface area (Å²) in [5, 5.41) is 14.3. The summed E-state index contributed by atoms with van der Waals surface area (Å²) < 4.78 is 6.21. The number of aromatic hydroxyl groups is 1. The zero-order valence-corrected chi connectivity index (χ0v) is 14.8. The first-order valence-corrected chi connectivity index (χ1v) is 8.99. The molecule has 2 atom stereocenters. The molecule has 0 unspecified atom stereocenters. The van der Waals surface area contributed by atoms with Crippen molar-refractivity contribution in [1.29, 1.82) is 0 Å². The van der Waals surface area contributed by atoms with Gasteiger partial charge in [-0.1, -0.05) is 18.2 Å². The van der Waals surface area contributed by atoms with E-state index < -0.39 is 0 Å². The van der Waals surface area contributed by atoms with E-state index in [1.165, 1.54) is 0 Å². The minimum absolute atomic E-state index is 0.0659. The number of nitrogens with one attached hydrogen (secondary N) is 1. The van der Waals surface area contributed by atoms with Gasteiger partial charge in [0.15, 0.2) is 5.78 Å². The molecule has 2 aliphatic heterocycles. The number of anilines is 1. The van der Waals surface area contributed by atoms with Gasteiger partial charge in [0.1, 0.15) is 17.6 Å². The molecule has 0 amide bonds. The van der Waals surface area contributed by atoms with Gasteiger partial charge in [0, 0.05) is 29.3 Å². The predicted molar refractivity (Wildman–Crippen MR) is 103 cm³/mol. The molecule has 2 N–H and O–H groups in total. The summed E-state index contributed by atoms with van der Waals surface area (Å²) in [6.07, 6.45) is 1.92. The number of benzene rings is 2. The molecule has 5 nitrogen and oxygen atoms in total. The SMILES string of the molecule is C[C@H]1CC(=O)C2=C(O1)c1c(ccc3ncccc13)N[C@@H]2c1cccc(O)c1. The minimum Gasteiger partial charge on any atom is -0.508 e. The largest absolute Gasteiger partial charge is 0.508 e. The summed E-state index contributed by atoms with van der Waals surface area (Å²) in [5.74, 6) is 0.859. The highest BCUT2D eigenvalue weighted by atomic mass is 16.5. The Morgan fingerprint density at radius 2 is 2.07 bits per heavy atom. The van der Waals surface area contributed by atoms with Crippen molar-refractivity contribution < 1.29 is 14.6 Å². The Balaban J connectivity index is 1.80. The fourth-order valence-electron chi connectivity index (χ4n) is 3.99. The second-order valence-corrected chi connectivity index (χ2v) is 7.03. The van der Waals surface area contributed by atoms with E-state index in [-0.39, 0.29) is 23.7 Å². The number of Topliss-reactive ketones (excluding diaryl/α,β-unsaturated/α-hetero) is 1. The van der Waals surface area contributed by atoms with Gasteiger partial charge in [-0.05, 0) is 42.8 Å². The van der Waals surface area contributed by atoms with E-state index >= 15 is 0 Å². The molecule has 3 heterocycles. The lowest BCUT2D eigenvalue weighted by atomic mass is 9.84. The van der Waals surface area contributed by atoms with Crippen LogP contribution in [0.25, 0.3) is 16.7 Å². The van der Waals surface area contributed by atoms with Crippen LogP contribution in [0.1, 0.15) is 30.5 Å². The van der Waals surface area contributed by atoms with Crippen LogP contribution in [0.5, 0.6) is 5.75 Å². The van der Waals surface area contributed by atoms with Crippen LogP contribution >= 0.6 is 0 Å². The normalized spacial score (nSPS) is 21.3. The number of aromatic nitrogens is 1. The molecule has 5 heteroatoms. The number of rotatable bonds is 1. The van der Waals surface area contributed by atoms with Crippen LogP contribution < -0.4 is 5.32 Å². The van der Waals surface area contributed by atoms with Crippen molar-refractivity contribution in [3.05, 3.63) is 71.4 Å². The Labute approximate surface area is 156 Å². The highest BCUT2D eigenvalue weighted by molar-refractivity contribution is 6.10. The van der Waals surface area contributed by atoms with Crippen LogP contribution in [-0.4, -0.2) is 22.0 Å². The second-order valence-electron chi connectivity index (χ2n) is 7.03. The van der Waals surface area contributed by atoms with Crippen LogP contribution in [0, 0.1) is 0 Å². The van der Waals surface area contributed by atoms with Crippen LogP contribution in [0.2, 0.25) is 0 Å². The second kappa shape index (κ2) is 5.84. The molecule has 2 aromatic carbocycles. The van der Waals surface area contributed by atoms with E-state index in [9.17, 15) is 9.90 Å². The molecule has 0 bridgehead atoms. The number of fused-ring (bicyclic) bond motifs is 4. The molecule has 1 aromatic heterocycles. The highest BCUT2D eigenvalue weighted by Gasteiger charge is 2.38. The summed E-state index contributed by atoms with van der Waals surface area (Å²) in [5.41, 5.74) is 4.07. The number of ketones is 1. The Morgan fingerprint density at radius 1 is 1.19 bits per heavy atom.